The number of hydrogen-bond donors (Lipinski definition) is 1. The summed E-state index contributed by atoms with van der Waals surface area (Å²) in [6.07, 6.45) is 14.5. The molecule has 0 radical (unpaired) electrons. The predicted molar refractivity (Wildman–Crippen MR) is 226 cm³/mol. The Morgan fingerprint density at radius 2 is 1.27 bits per heavy atom. The van der Waals surface area contributed by atoms with Crippen LogP contribution >= 0.6 is 0 Å². The van der Waals surface area contributed by atoms with Gasteiger partial charge < -0.3 is 9.88 Å². The van der Waals surface area contributed by atoms with E-state index in [-0.39, 0.29) is 5.41 Å². The maximum absolute atomic E-state index is 4.12. The second-order valence-electron chi connectivity index (χ2n) is 14.0. The predicted octanol–water partition coefficient (Wildman–Crippen LogP) is 13.6. The highest BCUT2D eigenvalue weighted by atomic mass is 15.0. The molecule has 2 heteroatoms. The molecule has 0 saturated heterocycles. The molecular formula is C50H44N2. The van der Waals surface area contributed by atoms with Gasteiger partial charge in [-0.1, -0.05) is 161 Å². The van der Waals surface area contributed by atoms with E-state index in [1.54, 1.807) is 0 Å². The zero-order valence-corrected chi connectivity index (χ0v) is 30.1. The topological polar surface area (TPSA) is 17.0 Å². The van der Waals surface area contributed by atoms with Crippen LogP contribution in [0.1, 0.15) is 37.5 Å². The van der Waals surface area contributed by atoms with Crippen molar-refractivity contribution < 1.29 is 0 Å². The van der Waals surface area contributed by atoms with Crippen molar-refractivity contribution in [1.82, 2.24) is 4.57 Å². The van der Waals surface area contributed by atoms with Crippen molar-refractivity contribution in [2.75, 3.05) is 5.32 Å². The molecule has 0 spiro atoms. The maximum Gasteiger partial charge on any atom is 0.0541 e. The van der Waals surface area contributed by atoms with Crippen LogP contribution in [-0.2, 0) is 5.41 Å². The minimum Gasteiger partial charge on any atom is -0.356 e. The van der Waals surface area contributed by atoms with Crippen LogP contribution < -0.4 is 5.32 Å². The van der Waals surface area contributed by atoms with E-state index in [0.717, 1.165) is 33.8 Å². The molecule has 254 valence electrons. The van der Waals surface area contributed by atoms with Gasteiger partial charge in [-0.05, 0) is 99.5 Å². The van der Waals surface area contributed by atoms with Gasteiger partial charge in [-0.3, -0.25) is 0 Å². The van der Waals surface area contributed by atoms with Gasteiger partial charge >= 0.3 is 0 Å². The van der Waals surface area contributed by atoms with Crippen molar-refractivity contribution >= 4 is 39.1 Å². The monoisotopic (exact) mass is 672 g/mol. The molecule has 52 heavy (non-hydrogen) atoms. The molecule has 7 aromatic rings. The minimum absolute atomic E-state index is 0.0517. The first kappa shape index (κ1) is 34.1. The fraction of sp³-hybridized carbons (Fsp3) is 0.0800. The molecular weight excluding hydrogens is 629 g/mol. The first-order chi connectivity index (χ1) is 25.4. The third-order valence-corrected chi connectivity index (χ3v) is 9.37. The van der Waals surface area contributed by atoms with Crippen LogP contribution in [0.3, 0.4) is 0 Å². The molecule has 1 N–H and O–H groups in total. The molecule has 0 saturated carbocycles. The fourth-order valence-corrected chi connectivity index (χ4v) is 6.58. The number of nitrogens with zero attached hydrogens (tertiary/aromatic N) is 1. The summed E-state index contributed by atoms with van der Waals surface area (Å²) in [7, 11) is 0. The Hall–Kier alpha value is -6.38. The Balaban J connectivity index is 1.21. The number of allylic oxidation sites excluding steroid dienone is 7. The van der Waals surface area contributed by atoms with Crippen molar-refractivity contribution in [3.05, 3.63) is 217 Å². The number of benzene rings is 6. The number of hydrogen-bond acceptors (Lipinski definition) is 1. The number of aromatic nitrogens is 1. The first-order valence-corrected chi connectivity index (χ1v) is 17.9. The van der Waals surface area contributed by atoms with Crippen LogP contribution in [0.4, 0.5) is 5.69 Å². The van der Waals surface area contributed by atoms with Crippen molar-refractivity contribution in [2.45, 2.75) is 26.2 Å². The quantitative estimate of drug-likeness (QED) is 0.143. The highest BCUT2D eigenvalue weighted by Gasteiger charge is 2.18. The molecule has 7 rings (SSSR count). The van der Waals surface area contributed by atoms with E-state index in [0.29, 0.717) is 0 Å². The van der Waals surface area contributed by atoms with E-state index in [4.69, 9.17) is 0 Å². The summed E-state index contributed by atoms with van der Waals surface area (Å²) >= 11 is 0. The molecule has 0 aliphatic heterocycles. The highest BCUT2D eigenvalue weighted by Crippen LogP contribution is 2.37. The van der Waals surface area contributed by atoms with Gasteiger partial charge in [-0.15, -0.1) is 0 Å². The summed E-state index contributed by atoms with van der Waals surface area (Å²) in [6.45, 7) is 11.0. The zero-order valence-electron chi connectivity index (χ0n) is 30.1. The van der Waals surface area contributed by atoms with Crippen molar-refractivity contribution in [3.8, 4) is 16.8 Å². The van der Waals surface area contributed by atoms with Crippen LogP contribution in [-0.4, -0.2) is 4.57 Å². The van der Waals surface area contributed by atoms with Gasteiger partial charge in [0.1, 0.15) is 0 Å². The van der Waals surface area contributed by atoms with Crippen LogP contribution in [0.25, 0.3) is 50.3 Å². The zero-order chi connectivity index (χ0) is 35.9. The van der Waals surface area contributed by atoms with Crippen molar-refractivity contribution in [3.63, 3.8) is 0 Å². The standard InChI is InChI=1S/C50H44N2/c1-5-43(31-28-39(38-21-11-7-12-22-38)23-16-15-20-37-18-9-6-10-19-37)51-44-25-17-24-40(34-44)41-29-32-48-46(35-41)47-36-42(50(2,3)4)30-33-49(47)52(48)45-26-13-8-14-27-45/h5-36,51H,1H2,2-4H3/b20-15+,23-16-,39-28+,43-31-. The van der Waals surface area contributed by atoms with E-state index in [9.17, 15) is 0 Å². The molecule has 0 fully saturated rings. The average Bonchev–Trinajstić information content (AvgIpc) is 3.51. The lowest BCUT2D eigenvalue weighted by Crippen LogP contribution is -2.10. The summed E-state index contributed by atoms with van der Waals surface area (Å²) in [6, 6.07) is 53.8. The molecule has 1 aromatic heterocycles. The van der Waals surface area contributed by atoms with Crippen LogP contribution in [0.2, 0.25) is 0 Å². The lowest BCUT2D eigenvalue weighted by molar-refractivity contribution is 0.591. The summed E-state index contributed by atoms with van der Waals surface area (Å²) in [4.78, 5) is 0. The summed E-state index contributed by atoms with van der Waals surface area (Å²) < 4.78 is 2.38. The van der Waals surface area contributed by atoms with E-state index < -0.39 is 0 Å². The largest absolute Gasteiger partial charge is 0.356 e. The van der Waals surface area contributed by atoms with Gasteiger partial charge in [-0.25, -0.2) is 0 Å². The second kappa shape index (κ2) is 15.2. The van der Waals surface area contributed by atoms with Gasteiger partial charge in [-0.2, -0.15) is 0 Å². The Morgan fingerprint density at radius 1 is 0.615 bits per heavy atom. The Kier molecular flexibility index (Phi) is 9.99. The Bertz CT molecular complexity index is 2450. The van der Waals surface area contributed by atoms with E-state index in [1.807, 2.05) is 18.2 Å². The number of anilines is 1. The SMILES string of the molecule is C=C/C(=C/C=C(\C=C/C=C/c1ccccc1)c1ccccc1)Nc1cccc(-c2ccc3c(c2)c2cc(C(C)(C)C)ccc2n3-c2ccccc2)c1. The Morgan fingerprint density at radius 3 is 1.98 bits per heavy atom. The van der Waals surface area contributed by atoms with Gasteiger partial charge in [0, 0.05) is 27.8 Å². The third kappa shape index (κ3) is 7.67. The summed E-state index contributed by atoms with van der Waals surface area (Å²) in [5, 5.41) is 6.12. The van der Waals surface area contributed by atoms with E-state index >= 15 is 0 Å². The van der Waals surface area contributed by atoms with Gasteiger partial charge in [0.25, 0.3) is 0 Å². The number of fused-ring (bicyclic) bond motifs is 3. The molecule has 0 aliphatic carbocycles. The molecule has 0 unspecified atom stereocenters. The van der Waals surface area contributed by atoms with Gasteiger partial charge in [0.15, 0.2) is 0 Å². The molecule has 0 aliphatic rings. The molecule has 0 amide bonds. The van der Waals surface area contributed by atoms with Crippen LogP contribution in [0.15, 0.2) is 200 Å². The normalized spacial score (nSPS) is 12.7. The maximum atomic E-state index is 4.12. The van der Waals surface area contributed by atoms with E-state index in [1.165, 1.54) is 38.5 Å². The van der Waals surface area contributed by atoms with Gasteiger partial charge in [0.2, 0.25) is 0 Å². The van der Waals surface area contributed by atoms with Crippen molar-refractivity contribution in [2.24, 2.45) is 0 Å². The lowest BCUT2D eigenvalue weighted by atomic mass is 9.86. The van der Waals surface area contributed by atoms with E-state index in [2.05, 4.69) is 213 Å². The number of para-hydroxylation sites is 1. The molecule has 1 heterocycles. The van der Waals surface area contributed by atoms with Crippen molar-refractivity contribution in [1.29, 1.82) is 0 Å². The number of nitrogens with one attached hydrogen (secondary N) is 1. The second-order valence-corrected chi connectivity index (χ2v) is 14.0. The highest BCUT2D eigenvalue weighted by molar-refractivity contribution is 6.10. The fourth-order valence-electron chi connectivity index (χ4n) is 6.58. The smallest absolute Gasteiger partial charge is 0.0541 e. The number of rotatable bonds is 10. The molecule has 6 aromatic carbocycles. The molecule has 0 atom stereocenters. The summed E-state index contributed by atoms with van der Waals surface area (Å²) in [5.41, 5.74) is 12.6. The molecule has 0 bridgehead atoms. The van der Waals surface area contributed by atoms with Gasteiger partial charge in [0.05, 0.1) is 11.0 Å². The average molecular weight is 673 g/mol. The minimum atomic E-state index is 0.0517. The molecule has 2 nitrogen and oxygen atoms in total. The first-order valence-electron chi connectivity index (χ1n) is 17.9. The summed E-state index contributed by atoms with van der Waals surface area (Å²) in [5.74, 6) is 0. The van der Waals surface area contributed by atoms with Crippen LogP contribution in [0.5, 0.6) is 0 Å². The third-order valence-electron chi connectivity index (χ3n) is 9.37. The lowest BCUT2D eigenvalue weighted by Gasteiger charge is -2.19. The van der Waals surface area contributed by atoms with Crippen LogP contribution in [0, 0.1) is 0 Å². The Labute approximate surface area is 308 Å².